The van der Waals surface area contributed by atoms with Crippen LogP contribution < -0.4 is 0 Å². The van der Waals surface area contributed by atoms with Crippen LogP contribution in [0.1, 0.15) is 44.6 Å². The first kappa shape index (κ1) is 17.8. The van der Waals surface area contributed by atoms with E-state index in [1.165, 1.54) is 31.2 Å². The summed E-state index contributed by atoms with van der Waals surface area (Å²) in [7, 11) is 0. The van der Waals surface area contributed by atoms with Crippen LogP contribution in [0.15, 0.2) is 24.3 Å². The van der Waals surface area contributed by atoms with Crippen molar-refractivity contribution < 1.29 is 14.2 Å². The summed E-state index contributed by atoms with van der Waals surface area (Å²) in [5.41, 5.74) is 1.46. The first-order valence-corrected chi connectivity index (χ1v) is 10.2. The molecule has 5 unspecified atom stereocenters. The van der Waals surface area contributed by atoms with Crippen molar-refractivity contribution in [2.24, 2.45) is 17.8 Å². The monoisotopic (exact) mass is 364 g/mol. The van der Waals surface area contributed by atoms with Crippen LogP contribution in [-0.4, -0.2) is 31.7 Å². The van der Waals surface area contributed by atoms with Gasteiger partial charge in [-0.05, 0) is 74.0 Å². The van der Waals surface area contributed by atoms with E-state index in [1.807, 2.05) is 12.1 Å². The van der Waals surface area contributed by atoms with E-state index in [1.54, 1.807) is 0 Å². The van der Waals surface area contributed by atoms with Crippen molar-refractivity contribution in [3.8, 4) is 0 Å². The Bertz CT molecular complexity index is 563. The molecule has 0 N–H and O–H groups in total. The standard InChI is InChI=1S/C21H29ClO3/c1-15(13-24-20-4-2-3-11-23-20)19-10-7-17(21(19)14-25-21)12-16-5-8-18(22)9-6-16/h5-6,8-9,15,17,19-20H,2-4,7,10-14H2,1H3. The first-order valence-electron chi connectivity index (χ1n) is 9.79. The van der Waals surface area contributed by atoms with Gasteiger partial charge in [0.2, 0.25) is 0 Å². The van der Waals surface area contributed by atoms with E-state index in [0.717, 1.165) is 37.7 Å². The zero-order valence-corrected chi connectivity index (χ0v) is 15.8. The molecular weight excluding hydrogens is 336 g/mol. The SMILES string of the molecule is CC(COC1CCCCO1)C1CCC(Cc2ccc(Cl)cc2)C12CO2. The minimum Gasteiger partial charge on any atom is -0.369 e. The fourth-order valence-corrected chi connectivity index (χ4v) is 5.00. The number of epoxide rings is 1. The molecule has 3 nitrogen and oxygen atoms in total. The van der Waals surface area contributed by atoms with E-state index in [2.05, 4.69) is 19.1 Å². The van der Waals surface area contributed by atoms with Gasteiger partial charge in [-0.3, -0.25) is 0 Å². The highest BCUT2D eigenvalue weighted by Gasteiger charge is 2.61. The van der Waals surface area contributed by atoms with E-state index >= 15 is 0 Å². The highest BCUT2D eigenvalue weighted by Crippen LogP contribution is 2.55. The molecule has 1 spiro atoms. The van der Waals surface area contributed by atoms with Crippen LogP contribution in [-0.2, 0) is 20.6 Å². The van der Waals surface area contributed by atoms with Gasteiger partial charge in [-0.1, -0.05) is 30.7 Å². The first-order chi connectivity index (χ1) is 12.2. The molecule has 4 heteroatoms. The fraction of sp³-hybridized carbons (Fsp3) is 0.714. The summed E-state index contributed by atoms with van der Waals surface area (Å²) in [5, 5.41) is 0.807. The van der Waals surface area contributed by atoms with Crippen LogP contribution in [0.3, 0.4) is 0 Å². The second-order valence-corrected chi connectivity index (χ2v) is 8.50. The Morgan fingerprint density at radius 3 is 2.68 bits per heavy atom. The van der Waals surface area contributed by atoms with Crippen molar-refractivity contribution in [1.29, 1.82) is 0 Å². The smallest absolute Gasteiger partial charge is 0.157 e. The maximum absolute atomic E-state index is 6.08. The van der Waals surface area contributed by atoms with Crippen LogP contribution in [0, 0.1) is 17.8 Å². The Labute approximate surface area is 156 Å². The van der Waals surface area contributed by atoms with Gasteiger partial charge in [0.25, 0.3) is 0 Å². The van der Waals surface area contributed by atoms with Crippen LogP contribution >= 0.6 is 11.6 Å². The van der Waals surface area contributed by atoms with Gasteiger partial charge < -0.3 is 14.2 Å². The van der Waals surface area contributed by atoms with Gasteiger partial charge >= 0.3 is 0 Å². The zero-order chi connectivity index (χ0) is 17.3. The Morgan fingerprint density at radius 1 is 1.20 bits per heavy atom. The van der Waals surface area contributed by atoms with E-state index in [9.17, 15) is 0 Å². The Balaban J connectivity index is 1.33. The summed E-state index contributed by atoms with van der Waals surface area (Å²) in [4.78, 5) is 0. The number of hydrogen-bond acceptors (Lipinski definition) is 3. The highest BCUT2D eigenvalue weighted by molar-refractivity contribution is 6.30. The van der Waals surface area contributed by atoms with Gasteiger partial charge in [-0.2, -0.15) is 0 Å². The second-order valence-electron chi connectivity index (χ2n) is 8.06. The van der Waals surface area contributed by atoms with Gasteiger partial charge in [0, 0.05) is 11.6 Å². The lowest BCUT2D eigenvalue weighted by molar-refractivity contribution is -0.171. The Morgan fingerprint density at radius 2 is 2.00 bits per heavy atom. The molecule has 0 aromatic heterocycles. The van der Waals surface area contributed by atoms with Crippen LogP contribution in [0.2, 0.25) is 5.02 Å². The molecule has 138 valence electrons. The average molecular weight is 365 g/mol. The molecule has 1 aromatic rings. The number of benzene rings is 1. The lowest BCUT2D eigenvalue weighted by Gasteiger charge is -2.29. The van der Waals surface area contributed by atoms with Crippen molar-refractivity contribution in [3.05, 3.63) is 34.9 Å². The minimum absolute atomic E-state index is 0.0125. The van der Waals surface area contributed by atoms with Crippen LogP contribution in [0.4, 0.5) is 0 Å². The number of ether oxygens (including phenoxy) is 3. The molecule has 0 amide bonds. The average Bonchev–Trinajstić information content (AvgIpc) is 3.35. The summed E-state index contributed by atoms with van der Waals surface area (Å²) in [6, 6.07) is 8.28. The third-order valence-electron chi connectivity index (χ3n) is 6.39. The Kier molecular flexibility index (Phi) is 5.38. The molecule has 1 saturated carbocycles. The summed E-state index contributed by atoms with van der Waals surface area (Å²) in [6.07, 6.45) is 7.02. The largest absolute Gasteiger partial charge is 0.369 e. The third-order valence-corrected chi connectivity index (χ3v) is 6.64. The molecule has 3 aliphatic rings. The predicted molar refractivity (Wildman–Crippen MR) is 98.8 cm³/mol. The number of rotatable bonds is 6. The van der Waals surface area contributed by atoms with E-state index in [0.29, 0.717) is 17.8 Å². The molecule has 2 heterocycles. The van der Waals surface area contributed by atoms with Crippen molar-refractivity contribution in [3.63, 3.8) is 0 Å². The molecule has 0 bridgehead atoms. The van der Waals surface area contributed by atoms with Gasteiger partial charge in [0.1, 0.15) is 0 Å². The Hall–Kier alpha value is -0.610. The van der Waals surface area contributed by atoms with Crippen LogP contribution in [0.25, 0.3) is 0 Å². The second kappa shape index (κ2) is 7.56. The topological polar surface area (TPSA) is 31.0 Å². The molecule has 2 aliphatic heterocycles. The van der Waals surface area contributed by atoms with Crippen molar-refractivity contribution in [2.45, 2.75) is 57.3 Å². The lowest BCUT2D eigenvalue weighted by Crippen LogP contribution is -2.34. The van der Waals surface area contributed by atoms with Crippen molar-refractivity contribution in [2.75, 3.05) is 19.8 Å². The number of halogens is 1. The lowest BCUT2D eigenvalue weighted by atomic mass is 9.80. The molecule has 1 aromatic carbocycles. The summed E-state index contributed by atoms with van der Waals surface area (Å²) in [5.74, 6) is 1.74. The third kappa shape index (κ3) is 3.90. The van der Waals surface area contributed by atoms with Gasteiger partial charge in [0.15, 0.2) is 6.29 Å². The van der Waals surface area contributed by atoms with Gasteiger partial charge in [-0.25, -0.2) is 0 Å². The molecule has 3 fully saturated rings. The minimum atomic E-state index is 0.0125. The maximum Gasteiger partial charge on any atom is 0.157 e. The van der Waals surface area contributed by atoms with Crippen molar-refractivity contribution in [1.82, 2.24) is 0 Å². The molecule has 25 heavy (non-hydrogen) atoms. The predicted octanol–water partition coefficient (Wildman–Crippen LogP) is 4.86. The van der Waals surface area contributed by atoms with Crippen LogP contribution in [0.5, 0.6) is 0 Å². The molecule has 4 rings (SSSR count). The quantitative estimate of drug-likeness (QED) is 0.675. The molecule has 2 saturated heterocycles. The van der Waals surface area contributed by atoms with E-state index in [4.69, 9.17) is 25.8 Å². The number of hydrogen-bond donors (Lipinski definition) is 0. The summed E-state index contributed by atoms with van der Waals surface area (Å²) < 4.78 is 17.8. The summed E-state index contributed by atoms with van der Waals surface area (Å²) in [6.45, 7) is 4.87. The highest BCUT2D eigenvalue weighted by atomic mass is 35.5. The van der Waals surface area contributed by atoms with Gasteiger partial charge in [0.05, 0.1) is 18.8 Å². The van der Waals surface area contributed by atoms with Crippen molar-refractivity contribution >= 4 is 11.6 Å². The van der Waals surface area contributed by atoms with E-state index in [-0.39, 0.29) is 11.9 Å². The fourth-order valence-electron chi connectivity index (χ4n) is 4.87. The summed E-state index contributed by atoms with van der Waals surface area (Å²) >= 11 is 6.01. The zero-order valence-electron chi connectivity index (χ0n) is 15.1. The molecule has 0 radical (unpaired) electrons. The normalized spacial score (nSPS) is 35.8. The molecular formula is C21H29ClO3. The van der Waals surface area contributed by atoms with Gasteiger partial charge in [-0.15, -0.1) is 0 Å². The maximum atomic E-state index is 6.08. The van der Waals surface area contributed by atoms with E-state index < -0.39 is 0 Å². The molecule has 1 aliphatic carbocycles. The molecule has 5 atom stereocenters.